The van der Waals surface area contributed by atoms with E-state index in [0.717, 1.165) is 0 Å². The van der Waals surface area contributed by atoms with Gasteiger partial charge in [-0.15, -0.1) is 23.2 Å². The zero-order valence-corrected chi connectivity index (χ0v) is 7.74. The van der Waals surface area contributed by atoms with Crippen molar-refractivity contribution in [3.63, 3.8) is 0 Å². The molecule has 1 aliphatic rings. The van der Waals surface area contributed by atoms with E-state index in [-0.39, 0.29) is 17.6 Å². The van der Waals surface area contributed by atoms with Crippen LogP contribution in [0.5, 0.6) is 0 Å². The molecule has 0 aromatic carbocycles. The highest BCUT2D eigenvalue weighted by Crippen LogP contribution is 2.41. The Labute approximate surface area is 71.6 Å². The van der Waals surface area contributed by atoms with Crippen molar-refractivity contribution in [1.29, 1.82) is 0 Å². The van der Waals surface area contributed by atoms with Crippen molar-refractivity contribution < 1.29 is 4.74 Å². The van der Waals surface area contributed by atoms with Crippen molar-refractivity contribution >= 4 is 23.2 Å². The fraction of sp³-hybridized carbons (Fsp3) is 1.00. The van der Waals surface area contributed by atoms with Gasteiger partial charge in [0.05, 0.1) is 12.2 Å². The highest BCUT2D eigenvalue weighted by molar-refractivity contribution is 6.19. The fourth-order valence-electron chi connectivity index (χ4n) is 1.15. The van der Waals surface area contributed by atoms with Crippen LogP contribution in [0, 0.1) is 5.41 Å². The monoisotopic (exact) mass is 182 g/mol. The fourth-order valence-corrected chi connectivity index (χ4v) is 2.10. The third kappa shape index (κ3) is 1.15. The maximum Gasteiger partial charge on any atom is 0.0791 e. The van der Waals surface area contributed by atoms with Crippen LogP contribution in [-0.4, -0.2) is 24.0 Å². The molecule has 0 amide bonds. The third-order valence-electron chi connectivity index (χ3n) is 2.27. The molecule has 1 heterocycles. The largest absolute Gasteiger partial charge is 0.371 e. The van der Waals surface area contributed by atoms with E-state index >= 15 is 0 Å². The van der Waals surface area contributed by atoms with Gasteiger partial charge in [0.25, 0.3) is 0 Å². The van der Waals surface area contributed by atoms with Crippen LogP contribution in [0.4, 0.5) is 0 Å². The summed E-state index contributed by atoms with van der Waals surface area (Å²) in [7, 11) is 0. The summed E-state index contributed by atoms with van der Waals surface area (Å²) in [5, 5.41) is 0. The molecular formula is C7H12Cl2O. The maximum absolute atomic E-state index is 5.64. The number of alkyl halides is 2. The Balaban J connectivity index is 2.47. The number of hydrogen-bond acceptors (Lipinski definition) is 1. The van der Waals surface area contributed by atoms with Crippen LogP contribution in [0.15, 0.2) is 0 Å². The van der Waals surface area contributed by atoms with Gasteiger partial charge in [0.1, 0.15) is 0 Å². The first-order valence-electron chi connectivity index (χ1n) is 3.40. The lowest BCUT2D eigenvalue weighted by atomic mass is 9.77. The summed E-state index contributed by atoms with van der Waals surface area (Å²) in [5.74, 6) is 1.14. The summed E-state index contributed by atoms with van der Waals surface area (Å²) in [5.41, 5.74) is 0.170. The van der Waals surface area contributed by atoms with E-state index in [0.29, 0.717) is 11.8 Å². The number of halogens is 2. The predicted octanol–water partition coefficient (Wildman–Crippen LogP) is 2.26. The lowest BCUT2D eigenvalue weighted by Gasteiger charge is -2.50. The zero-order chi connectivity index (χ0) is 7.78. The molecule has 0 spiro atoms. The molecule has 0 aromatic rings. The number of rotatable bonds is 2. The zero-order valence-electron chi connectivity index (χ0n) is 6.23. The lowest BCUT2D eigenvalue weighted by Crippen LogP contribution is -2.57. The van der Waals surface area contributed by atoms with Crippen molar-refractivity contribution in [3.8, 4) is 0 Å². The Hall–Kier alpha value is 0.540. The minimum Gasteiger partial charge on any atom is -0.371 e. The van der Waals surface area contributed by atoms with Crippen molar-refractivity contribution in [3.05, 3.63) is 0 Å². The third-order valence-corrected chi connectivity index (χ3v) is 2.83. The van der Waals surface area contributed by atoms with Crippen LogP contribution < -0.4 is 0 Å². The van der Waals surface area contributed by atoms with Crippen molar-refractivity contribution in [1.82, 2.24) is 0 Å². The first kappa shape index (κ1) is 8.63. The molecule has 60 valence electrons. The second-order valence-electron chi connectivity index (χ2n) is 3.24. The van der Waals surface area contributed by atoms with Gasteiger partial charge in [-0.2, -0.15) is 0 Å². The molecule has 0 bridgehead atoms. The first-order chi connectivity index (χ1) is 4.62. The van der Waals surface area contributed by atoms with E-state index < -0.39 is 0 Å². The van der Waals surface area contributed by atoms with Crippen molar-refractivity contribution in [2.75, 3.05) is 11.8 Å². The average molecular weight is 183 g/mol. The Kier molecular flexibility index (Phi) is 2.49. The van der Waals surface area contributed by atoms with Gasteiger partial charge in [0.2, 0.25) is 0 Å². The lowest BCUT2D eigenvalue weighted by molar-refractivity contribution is -0.212. The summed E-state index contributed by atoms with van der Waals surface area (Å²) < 4.78 is 5.39. The molecule has 1 aliphatic heterocycles. The molecular weight excluding hydrogens is 171 g/mol. The van der Waals surface area contributed by atoms with Gasteiger partial charge in [0.15, 0.2) is 0 Å². The highest BCUT2D eigenvalue weighted by Gasteiger charge is 2.48. The maximum atomic E-state index is 5.64. The van der Waals surface area contributed by atoms with E-state index in [1.807, 2.05) is 0 Å². The summed E-state index contributed by atoms with van der Waals surface area (Å²) in [6, 6.07) is 0. The smallest absolute Gasteiger partial charge is 0.0791 e. The second kappa shape index (κ2) is 2.88. The Morgan fingerprint density at radius 3 is 1.80 bits per heavy atom. The Bertz CT molecular complexity index is 113. The van der Waals surface area contributed by atoms with Crippen LogP contribution in [0.2, 0.25) is 0 Å². The van der Waals surface area contributed by atoms with Gasteiger partial charge in [-0.25, -0.2) is 0 Å². The normalized spacial score (nSPS) is 37.2. The molecule has 0 aliphatic carbocycles. The number of ether oxygens (including phenoxy) is 1. The van der Waals surface area contributed by atoms with Gasteiger partial charge < -0.3 is 4.74 Å². The second-order valence-corrected chi connectivity index (χ2v) is 3.86. The Morgan fingerprint density at radius 2 is 1.60 bits per heavy atom. The van der Waals surface area contributed by atoms with Gasteiger partial charge in [-0.1, -0.05) is 13.8 Å². The van der Waals surface area contributed by atoms with Crippen molar-refractivity contribution in [2.24, 2.45) is 5.41 Å². The standard InChI is InChI=1S/C7H12Cl2O/c1-7(2)5(3-8)10-6(7)4-9/h5-6H,3-4H2,1-2H3. The van der Waals surface area contributed by atoms with Gasteiger partial charge in [-0.05, 0) is 0 Å². The molecule has 0 saturated carbocycles. The van der Waals surface area contributed by atoms with Crippen LogP contribution in [0.1, 0.15) is 13.8 Å². The summed E-state index contributed by atoms with van der Waals surface area (Å²) in [6.45, 7) is 4.27. The van der Waals surface area contributed by atoms with E-state index in [2.05, 4.69) is 13.8 Å². The highest BCUT2D eigenvalue weighted by atomic mass is 35.5. The molecule has 0 aromatic heterocycles. The van der Waals surface area contributed by atoms with Crippen LogP contribution in [-0.2, 0) is 4.74 Å². The molecule has 1 nitrogen and oxygen atoms in total. The predicted molar refractivity (Wildman–Crippen MR) is 43.9 cm³/mol. The minimum atomic E-state index is 0.170. The molecule has 2 atom stereocenters. The van der Waals surface area contributed by atoms with Crippen LogP contribution in [0.25, 0.3) is 0 Å². The SMILES string of the molecule is CC1(C)C(CCl)OC1CCl. The Morgan fingerprint density at radius 1 is 1.20 bits per heavy atom. The van der Waals surface area contributed by atoms with E-state index in [1.165, 1.54) is 0 Å². The minimum absolute atomic E-state index is 0.170. The average Bonchev–Trinajstić information content (AvgIpc) is 1.88. The van der Waals surface area contributed by atoms with Gasteiger partial charge in [-0.3, -0.25) is 0 Å². The molecule has 1 rings (SSSR count). The molecule has 1 fully saturated rings. The summed E-state index contributed by atoms with van der Waals surface area (Å²) in [4.78, 5) is 0. The molecule has 2 unspecified atom stereocenters. The van der Waals surface area contributed by atoms with E-state index in [9.17, 15) is 0 Å². The molecule has 1 saturated heterocycles. The van der Waals surface area contributed by atoms with Crippen LogP contribution in [0.3, 0.4) is 0 Å². The van der Waals surface area contributed by atoms with E-state index in [4.69, 9.17) is 27.9 Å². The molecule has 0 radical (unpaired) electrons. The topological polar surface area (TPSA) is 9.23 Å². The molecule has 10 heavy (non-hydrogen) atoms. The van der Waals surface area contributed by atoms with Crippen LogP contribution >= 0.6 is 23.2 Å². The number of hydrogen-bond donors (Lipinski definition) is 0. The molecule has 0 N–H and O–H groups in total. The summed E-state index contributed by atoms with van der Waals surface area (Å²) in [6.07, 6.45) is 0.385. The van der Waals surface area contributed by atoms with Crippen molar-refractivity contribution in [2.45, 2.75) is 26.1 Å². The van der Waals surface area contributed by atoms with Gasteiger partial charge >= 0.3 is 0 Å². The van der Waals surface area contributed by atoms with E-state index in [1.54, 1.807) is 0 Å². The van der Waals surface area contributed by atoms with Gasteiger partial charge in [0, 0.05) is 17.2 Å². The quantitative estimate of drug-likeness (QED) is 0.596. The first-order valence-corrected chi connectivity index (χ1v) is 4.47. The molecule has 3 heteroatoms. The summed E-state index contributed by atoms with van der Waals surface area (Å²) >= 11 is 11.3.